The van der Waals surface area contributed by atoms with E-state index in [0.717, 1.165) is 30.6 Å². The number of nitrogens with one attached hydrogen (secondary N) is 2. The van der Waals surface area contributed by atoms with Crippen LogP contribution in [-0.2, 0) is 19.6 Å². The maximum Gasteiger partial charge on any atom is 0.192 e. The minimum absolute atomic E-state index is 0.538. The van der Waals surface area contributed by atoms with E-state index < -0.39 is 0 Å². The SMILES string of the molecule is CCNC(=NCc1ccccn1)NCc1nncn1CC. The molecule has 21 heavy (non-hydrogen) atoms. The van der Waals surface area contributed by atoms with Crippen LogP contribution in [0, 0.1) is 0 Å². The van der Waals surface area contributed by atoms with Crippen molar-refractivity contribution in [2.45, 2.75) is 33.5 Å². The molecule has 0 aliphatic rings. The summed E-state index contributed by atoms with van der Waals surface area (Å²) in [5.41, 5.74) is 0.937. The van der Waals surface area contributed by atoms with Crippen LogP contribution in [0.1, 0.15) is 25.4 Å². The maximum atomic E-state index is 4.51. The Bertz CT molecular complexity index is 562. The van der Waals surface area contributed by atoms with Gasteiger partial charge in [-0.1, -0.05) is 6.07 Å². The predicted octanol–water partition coefficient (Wildman–Crippen LogP) is 0.948. The quantitative estimate of drug-likeness (QED) is 0.611. The van der Waals surface area contributed by atoms with Crippen LogP contribution < -0.4 is 10.6 Å². The van der Waals surface area contributed by atoms with E-state index in [1.54, 1.807) is 12.5 Å². The lowest BCUT2D eigenvalue weighted by Crippen LogP contribution is -2.37. The van der Waals surface area contributed by atoms with Gasteiger partial charge in [-0.05, 0) is 26.0 Å². The average molecular weight is 287 g/mol. The van der Waals surface area contributed by atoms with Gasteiger partial charge in [-0.25, -0.2) is 4.99 Å². The maximum absolute atomic E-state index is 4.51. The molecule has 0 spiro atoms. The Hall–Kier alpha value is -2.44. The van der Waals surface area contributed by atoms with Gasteiger partial charge in [0.25, 0.3) is 0 Å². The van der Waals surface area contributed by atoms with Crippen LogP contribution >= 0.6 is 0 Å². The summed E-state index contributed by atoms with van der Waals surface area (Å²) in [5, 5.41) is 14.5. The van der Waals surface area contributed by atoms with Crippen LogP contribution in [0.2, 0.25) is 0 Å². The Morgan fingerprint density at radius 3 is 2.90 bits per heavy atom. The molecule has 2 aromatic heterocycles. The van der Waals surface area contributed by atoms with Gasteiger partial charge in [0.15, 0.2) is 11.8 Å². The second-order valence-corrected chi connectivity index (χ2v) is 4.40. The van der Waals surface area contributed by atoms with E-state index in [9.17, 15) is 0 Å². The molecule has 0 amide bonds. The lowest BCUT2D eigenvalue weighted by Gasteiger charge is -2.11. The number of pyridine rings is 1. The second kappa shape index (κ2) is 7.98. The molecule has 0 aliphatic heterocycles. The molecule has 2 N–H and O–H groups in total. The van der Waals surface area contributed by atoms with Gasteiger partial charge in [0.05, 0.1) is 18.8 Å². The third-order valence-electron chi connectivity index (χ3n) is 2.92. The van der Waals surface area contributed by atoms with Gasteiger partial charge in [0.2, 0.25) is 0 Å². The molecular formula is C14H21N7. The van der Waals surface area contributed by atoms with Gasteiger partial charge in [0.1, 0.15) is 6.33 Å². The largest absolute Gasteiger partial charge is 0.357 e. The Kier molecular flexibility index (Phi) is 5.69. The van der Waals surface area contributed by atoms with Crippen molar-refractivity contribution in [2.75, 3.05) is 6.54 Å². The monoisotopic (exact) mass is 287 g/mol. The average Bonchev–Trinajstić information content (AvgIpc) is 2.98. The number of guanidine groups is 1. The van der Waals surface area contributed by atoms with Gasteiger partial charge in [-0.15, -0.1) is 10.2 Å². The van der Waals surface area contributed by atoms with E-state index in [1.165, 1.54) is 0 Å². The highest BCUT2D eigenvalue weighted by atomic mass is 15.3. The molecule has 112 valence electrons. The highest BCUT2D eigenvalue weighted by Crippen LogP contribution is 1.97. The summed E-state index contributed by atoms with van der Waals surface area (Å²) in [6, 6.07) is 5.82. The van der Waals surface area contributed by atoms with E-state index in [0.29, 0.717) is 13.1 Å². The molecule has 0 saturated heterocycles. The molecule has 2 aromatic rings. The number of hydrogen-bond donors (Lipinski definition) is 2. The van der Waals surface area contributed by atoms with Crippen LogP contribution in [-0.4, -0.2) is 32.3 Å². The van der Waals surface area contributed by atoms with Crippen LogP contribution in [0.15, 0.2) is 35.7 Å². The van der Waals surface area contributed by atoms with Crippen LogP contribution in [0.25, 0.3) is 0 Å². The first-order valence-corrected chi connectivity index (χ1v) is 7.12. The number of rotatable bonds is 6. The van der Waals surface area contributed by atoms with Gasteiger partial charge in [-0.2, -0.15) is 0 Å². The number of aromatic nitrogens is 4. The molecule has 2 heterocycles. The molecular weight excluding hydrogens is 266 g/mol. The summed E-state index contributed by atoms with van der Waals surface area (Å²) in [5.74, 6) is 1.63. The molecule has 0 aromatic carbocycles. The fourth-order valence-corrected chi connectivity index (χ4v) is 1.84. The zero-order valence-electron chi connectivity index (χ0n) is 12.5. The molecule has 0 saturated carbocycles. The summed E-state index contributed by atoms with van der Waals surface area (Å²) in [7, 11) is 0. The van der Waals surface area contributed by atoms with E-state index in [-0.39, 0.29) is 0 Å². The number of hydrogen-bond acceptors (Lipinski definition) is 4. The number of aryl methyl sites for hydroxylation is 1. The van der Waals surface area contributed by atoms with Crippen molar-refractivity contribution >= 4 is 5.96 Å². The van der Waals surface area contributed by atoms with Crippen molar-refractivity contribution in [2.24, 2.45) is 4.99 Å². The predicted molar refractivity (Wildman–Crippen MR) is 81.6 cm³/mol. The topological polar surface area (TPSA) is 80.0 Å². The zero-order chi connectivity index (χ0) is 14.9. The Labute approximate surface area is 124 Å². The summed E-state index contributed by atoms with van der Waals surface area (Å²) >= 11 is 0. The third-order valence-corrected chi connectivity index (χ3v) is 2.92. The molecule has 7 nitrogen and oxygen atoms in total. The molecule has 0 fully saturated rings. The lowest BCUT2D eigenvalue weighted by atomic mass is 10.3. The Morgan fingerprint density at radius 1 is 1.29 bits per heavy atom. The summed E-state index contributed by atoms with van der Waals surface area (Å²) in [6.07, 6.45) is 3.50. The van der Waals surface area contributed by atoms with Gasteiger partial charge >= 0.3 is 0 Å². The zero-order valence-corrected chi connectivity index (χ0v) is 12.5. The van der Waals surface area contributed by atoms with Crippen molar-refractivity contribution < 1.29 is 0 Å². The number of nitrogens with zero attached hydrogens (tertiary/aromatic N) is 5. The van der Waals surface area contributed by atoms with Crippen molar-refractivity contribution in [1.29, 1.82) is 0 Å². The fourth-order valence-electron chi connectivity index (χ4n) is 1.84. The Morgan fingerprint density at radius 2 is 2.19 bits per heavy atom. The van der Waals surface area contributed by atoms with Crippen molar-refractivity contribution in [1.82, 2.24) is 30.4 Å². The second-order valence-electron chi connectivity index (χ2n) is 4.40. The van der Waals surface area contributed by atoms with Crippen LogP contribution in [0.4, 0.5) is 0 Å². The molecule has 0 aliphatic carbocycles. The minimum Gasteiger partial charge on any atom is -0.357 e. The third kappa shape index (κ3) is 4.55. The van der Waals surface area contributed by atoms with E-state index in [4.69, 9.17) is 0 Å². The Balaban J connectivity index is 1.95. The fraction of sp³-hybridized carbons (Fsp3) is 0.429. The first-order chi connectivity index (χ1) is 10.3. The highest BCUT2D eigenvalue weighted by Gasteiger charge is 2.04. The smallest absolute Gasteiger partial charge is 0.192 e. The van der Waals surface area contributed by atoms with Crippen LogP contribution in [0.5, 0.6) is 0 Å². The first-order valence-electron chi connectivity index (χ1n) is 7.12. The summed E-state index contributed by atoms with van der Waals surface area (Å²) in [4.78, 5) is 8.77. The first kappa shape index (κ1) is 15.0. The van der Waals surface area contributed by atoms with E-state index in [2.05, 4.69) is 37.7 Å². The van der Waals surface area contributed by atoms with E-state index >= 15 is 0 Å². The van der Waals surface area contributed by atoms with Crippen molar-refractivity contribution in [3.8, 4) is 0 Å². The molecule has 0 bridgehead atoms. The number of aliphatic imine (C=N–C) groups is 1. The van der Waals surface area contributed by atoms with E-state index in [1.807, 2.05) is 29.7 Å². The highest BCUT2D eigenvalue weighted by molar-refractivity contribution is 5.79. The van der Waals surface area contributed by atoms with Gasteiger partial charge in [0, 0.05) is 19.3 Å². The lowest BCUT2D eigenvalue weighted by molar-refractivity contribution is 0.670. The molecule has 2 rings (SSSR count). The van der Waals surface area contributed by atoms with Gasteiger partial charge in [-0.3, -0.25) is 4.98 Å². The normalized spacial score (nSPS) is 11.4. The van der Waals surface area contributed by atoms with Crippen molar-refractivity contribution in [3.05, 3.63) is 42.2 Å². The summed E-state index contributed by atoms with van der Waals surface area (Å²) in [6.45, 7) is 6.87. The molecule has 0 atom stereocenters. The van der Waals surface area contributed by atoms with Crippen molar-refractivity contribution in [3.63, 3.8) is 0 Å². The molecule has 7 heteroatoms. The standard InChI is InChI=1S/C14H21N7/c1-3-15-14(17-9-12-7-5-6-8-16-12)18-10-13-20-19-11-21(13)4-2/h5-8,11H,3-4,9-10H2,1-2H3,(H2,15,17,18). The molecule has 0 radical (unpaired) electrons. The minimum atomic E-state index is 0.538. The van der Waals surface area contributed by atoms with Crippen LogP contribution in [0.3, 0.4) is 0 Å². The van der Waals surface area contributed by atoms with Gasteiger partial charge < -0.3 is 15.2 Å². The molecule has 0 unspecified atom stereocenters. The summed E-state index contributed by atoms with van der Waals surface area (Å²) < 4.78 is 2.00.